The van der Waals surface area contributed by atoms with E-state index in [-0.39, 0.29) is 0 Å². The first-order valence-corrected chi connectivity index (χ1v) is 15.5. The van der Waals surface area contributed by atoms with Crippen molar-refractivity contribution in [2.75, 3.05) is 0 Å². The van der Waals surface area contributed by atoms with Crippen LogP contribution in [-0.4, -0.2) is 0 Å². The minimum absolute atomic E-state index is 0.450. The normalized spacial score (nSPS) is 24.9. The maximum atomic E-state index is 15.0. The van der Waals surface area contributed by atoms with Gasteiger partial charge in [-0.25, -0.2) is 8.78 Å². The molecule has 36 heavy (non-hydrogen) atoms. The second-order valence-electron chi connectivity index (χ2n) is 12.3. The Balaban J connectivity index is 1.24. The fourth-order valence-electron chi connectivity index (χ4n) is 7.29. The van der Waals surface area contributed by atoms with Crippen molar-refractivity contribution in [2.24, 2.45) is 23.7 Å². The average Bonchev–Trinajstić information content (AvgIpc) is 2.91. The lowest BCUT2D eigenvalue weighted by molar-refractivity contribution is 0.140. The Bertz CT molecular complexity index is 932. The van der Waals surface area contributed by atoms with E-state index < -0.39 is 11.6 Å². The van der Waals surface area contributed by atoms with Gasteiger partial charge in [0.05, 0.1) is 0 Å². The summed E-state index contributed by atoms with van der Waals surface area (Å²) < 4.78 is 30.0. The Morgan fingerprint density at radius 2 is 1.25 bits per heavy atom. The van der Waals surface area contributed by atoms with Gasteiger partial charge in [0.25, 0.3) is 0 Å². The summed E-state index contributed by atoms with van der Waals surface area (Å²) in [5.74, 6) is 2.28. The predicted octanol–water partition coefficient (Wildman–Crippen LogP) is 11.0. The highest BCUT2D eigenvalue weighted by Crippen LogP contribution is 2.43. The summed E-state index contributed by atoms with van der Waals surface area (Å²) in [6.07, 6.45) is 22.8. The van der Waals surface area contributed by atoms with Gasteiger partial charge in [-0.3, -0.25) is 0 Å². The van der Waals surface area contributed by atoms with E-state index in [1.165, 1.54) is 89.9 Å². The van der Waals surface area contributed by atoms with Crippen LogP contribution in [0.4, 0.5) is 8.78 Å². The summed E-state index contributed by atoms with van der Waals surface area (Å²) in [5, 5.41) is 1.29. The first kappa shape index (κ1) is 27.6. The lowest BCUT2D eigenvalue weighted by Gasteiger charge is -2.38. The molecule has 200 valence electrons. The third-order valence-corrected chi connectivity index (χ3v) is 9.71. The Morgan fingerprint density at radius 1 is 0.639 bits per heavy atom. The Labute approximate surface area is 219 Å². The van der Waals surface area contributed by atoms with Gasteiger partial charge in [-0.15, -0.1) is 0 Å². The first-order valence-electron chi connectivity index (χ1n) is 15.5. The van der Waals surface area contributed by atoms with Crippen LogP contribution in [0.2, 0.25) is 0 Å². The van der Waals surface area contributed by atoms with Gasteiger partial charge in [-0.2, -0.15) is 0 Å². The average molecular weight is 497 g/mol. The number of halogens is 2. The third kappa shape index (κ3) is 7.32. The first-order chi connectivity index (χ1) is 17.6. The highest BCUT2D eigenvalue weighted by atomic mass is 19.2. The molecule has 0 radical (unpaired) electrons. The van der Waals surface area contributed by atoms with Crippen LogP contribution in [0.5, 0.6) is 0 Å². The monoisotopic (exact) mass is 496 g/mol. The van der Waals surface area contributed by atoms with Crippen LogP contribution in [0, 0.1) is 35.3 Å². The highest BCUT2D eigenvalue weighted by Gasteiger charge is 2.30. The van der Waals surface area contributed by atoms with Gasteiger partial charge in [-0.05, 0) is 104 Å². The molecule has 2 aromatic carbocycles. The second-order valence-corrected chi connectivity index (χ2v) is 12.3. The van der Waals surface area contributed by atoms with Gasteiger partial charge in [-0.1, -0.05) is 90.2 Å². The van der Waals surface area contributed by atoms with Crippen molar-refractivity contribution in [1.82, 2.24) is 0 Å². The van der Waals surface area contributed by atoms with Gasteiger partial charge in [0.15, 0.2) is 11.6 Å². The Kier molecular flexibility index (Phi) is 10.7. The van der Waals surface area contributed by atoms with E-state index in [1.54, 1.807) is 0 Å². The van der Waals surface area contributed by atoms with Crippen LogP contribution in [-0.2, 0) is 12.8 Å². The van der Waals surface area contributed by atoms with Crippen LogP contribution < -0.4 is 0 Å². The maximum Gasteiger partial charge on any atom is 0.166 e. The fourth-order valence-corrected chi connectivity index (χ4v) is 7.29. The quantitative estimate of drug-likeness (QED) is 0.256. The minimum atomic E-state index is -0.645. The van der Waals surface area contributed by atoms with Crippen LogP contribution in [0.1, 0.15) is 128 Å². The maximum absolute atomic E-state index is 15.0. The largest absolute Gasteiger partial charge is 0.203 e. The number of hydrogen-bond donors (Lipinski definition) is 0. The minimum Gasteiger partial charge on any atom is -0.203 e. The zero-order valence-electron chi connectivity index (χ0n) is 23.1. The summed E-state index contributed by atoms with van der Waals surface area (Å²) in [5.41, 5.74) is 1.69. The predicted molar refractivity (Wildman–Crippen MR) is 150 cm³/mol. The van der Waals surface area contributed by atoms with E-state index in [0.717, 1.165) is 48.0 Å². The summed E-state index contributed by atoms with van der Waals surface area (Å²) in [7, 11) is 0. The molecule has 0 bridgehead atoms. The van der Waals surface area contributed by atoms with Crippen molar-refractivity contribution >= 4 is 10.8 Å². The molecule has 0 atom stereocenters. The molecule has 0 saturated heterocycles. The van der Waals surface area contributed by atoms with Crippen LogP contribution in [0.3, 0.4) is 0 Å². The molecule has 0 N–H and O–H groups in total. The summed E-state index contributed by atoms with van der Waals surface area (Å²) in [4.78, 5) is 0. The van der Waals surface area contributed by atoms with Crippen molar-refractivity contribution in [3.05, 3.63) is 47.0 Å². The van der Waals surface area contributed by atoms with Gasteiger partial charge >= 0.3 is 0 Å². The van der Waals surface area contributed by atoms with E-state index in [2.05, 4.69) is 19.9 Å². The van der Waals surface area contributed by atoms with E-state index in [0.29, 0.717) is 23.3 Å². The molecule has 0 heterocycles. The zero-order chi connectivity index (χ0) is 25.3. The van der Waals surface area contributed by atoms with Crippen molar-refractivity contribution < 1.29 is 8.78 Å². The fraction of sp³-hybridized carbons (Fsp3) is 0.706. The molecule has 2 aromatic rings. The molecule has 4 rings (SSSR count). The molecule has 0 unspecified atom stereocenters. The van der Waals surface area contributed by atoms with E-state index in [9.17, 15) is 8.78 Å². The van der Waals surface area contributed by atoms with Crippen molar-refractivity contribution in [3.8, 4) is 0 Å². The molecule has 2 saturated carbocycles. The number of aryl methyl sites for hydroxylation is 2. The van der Waals surface area contributed by atoms with Crippen molar-refractivity contribution in [2.45, 2.75) is 129 Å². The van der Waals surface area contributed by atoms with Gasteiger partial charge in [0.1, 0.15) is 0 Å². The molecule has 0 aromatic heterocycles. The smallest absolute Gasteiger partial charge is 0.166 e. The van der Waals surface area contributed by atoms with E-state index in [1.807, 2.05) is 18.2 Å². The SMILES string of the molecule is CCCCCc1ccc2cc(CCC3CCC(C4CCC(CCCCC)CC4)CC3)c(F)c(F)c2c1. The second kappa shape index (κ2) is 13.9. The molecule has 0 nitrogen and oxygen atoms in total. The van der Waals surface area contributed by atoms with Gasteiger partial charge < -0.3 is 0 Å². The highest BCUT2D eigenvalue weighted by molar-refractivity contribution is 5.84. The number of fused-ring (bicyclic) bond motifs is 1. The van der Waals surface area contributed by atoms with Crippen LogP contribution in [0.15, 0.2) is 24.3 Å². The molecule has 2 aliphatic carbocycles. The topological polar surface area (TPSA) is 0 Å². The molecule has 2 aliphatic rings. The molecule has 0 amide bonds. The van der Waals surface area contributed by atoms with Crippen LogP contribution in [0.25, 0.3) is 10.8 Å². The van der Waals surface area contributed by atoms with Crippen molar-refractivity contribution in [1.29, 1.82) is 0 Å². The molecule has 0 aliphatic heterocycles. The summed E-state index contributed by atoms with van der Waals surface area (Å²) in [6, 6.07) is 7.87. The molecule has 0 spiro atoms. The number of benzene rings is 2. The number of unbranched alkanes of at least 4 members (excludes halogenated alkanes) is 4. The number of hydrogen-bond acceptors (Lipinski definition) is 0. The van der Waals surface area contributed by atoms with E-state index in [4.69, 9.17) is 0 Å². The summed E-state index contributed by atoms with van der Waals surface area (Å²) in [6.45, 7) is 4.48. The summed E-state index contributed by atoms with van der Waals surface area (Å²) >= 11 is 0. The van der Waals surface area contributed by atoms with Gasteiger partial charge in [0.2, 0.25) is 0 Å². The van der Waals surface area contributed by atoms with E-state index >= 15 is 0 Å². The molecular formula is C34H50F2. The van der Waals surface area contributed by atoms with Gasteiger partial charge in [0, 0.05) is 5.39 Å². The van der Waals surface area contributed by atoms with Crippen LogP contribution >= 0.6 is 0 Å². The molecular weight excluding hydrogens is 446 g/mol. The molecule has 2 heteroatoms. The molecule has 2 fully saturated rings. The lowest BCUT2D eigenvalue weighted by atomic mass is 9.68. The van der Waals surface area contributed by atoms with Crippen molar-refractivity contribution in [3.63, 3.8) is 0 Å². The number of rotatable bonds is 12. The lowest BCUT2D eigenvalue weighted by Crippen LogP contribution is -2.26. The Morgan fingerprint density at radius 3 is 1.89 bits per heavy atom. The standard InChI is InChI=1S/C34H50F2/c1-3-5-7-9-25-11-17-28(18-12-25)29-19-13-26(14-20-29)15-22-31-24-30-21-16-27(10-8-6-4-2)23-32(30)34(36)33(31)35/h16,21,23-26,28-29H,3-15,17-20,22H2,1-2H3. The zero-order valence-corrected chi connectivity index (χ0v) is 23.1. The Hall–Kier alpha value is -1.44. The third-order valence-electron chi connectivity index (χ3n) is 9.71.